The minimum atomic E-state index is -0.978. The van der Waals surface area contributed by atoms with E-state index in [0.717, 1.165) is 32.6 Å². The Hall–Kier alpha value is -2.19. The van der Waals surface area contributed by atoms with Gasteiger partial charge in [-0.15, -0.1) is 11.3 Å². The summed E-state index contributed by atoms with van der Waals surface area (Å²) in [6.45, 7) is 4.58. The van der Waals surface area contributed by atoms with Gasteiger partial charge in [0.1, 0.15) is 5.82 Å². The quantitative estimate of drug-likeness (QED) is 0.465. The van der Waals surface area contributed by atoms with E-state index in [-0.39, 0.29) is 16.7 Å². The van der Waals surface area contributed by atoms with Gasteiger partial charge in [0.05, 0.1) is 29.0 Å². The number of morpholine rings is 1. The van der Waals surface area contributed by atoms with Crippen LogP contribution in [0, 0.1) is 12.7 Å². The van der Waals surface area contributed by atoms with Gasteiger partial charge in [-0.25, -0.2) is 9.18 Å². The number of rotatable bonds is 6. The minimum absolute atomic E-state index is 0.0245. The van der Waals surface area contributed by atoms with Crippen LogP contribution in [0.15, 0.2) is 30.3 Å². The van der Waals surface area contributed by atoms with Crippen LogP contribution in [0.1, 0.15) is 34.5 Å². The number of benzene rings is 2. The van der Waals surface area contributed by atoms with Crippen LogP contribution in [0.4, 0.5) is 10.1 Å². The third-order valence-electron chi connectivity index (χ3n) is 6.64. The molecule has 1 saturated heterocycles. The smallest absolute Gasteiger partial charge is 0.337 e. The number of aryl methyl sites for hydroxylation is 1. The number of hydrogen-bond donors (Lipinski definition) is 2. The van der Waals surface area contributed by atoms with Crippen molar-refractivity contribution in [2.24, 2.45) is 0 Å². The van der Waals surface area contributed by atoms with E-state index < -0.39 is 11.8 Å². The lowest BCUT2D eigenvalue weighted by molar-refractivity contribution is 0.0370. The molecule has 174 valence electrons. The zero-order chi connectivity index (χ0) is 23.1. The fourth-order valence-electron chi connectivity index (χ4n) is 4.68. The maximum absolute atomic E-state index is 14.2. The molecular formula is C25H26ClFN2O3S. The van der Waals surface area contributed by atoms with Crippen LogP contribution >= 0.6 is 22.9 Å². The highest BCUT2D eigenvalue weighted by atomic mass is 35.5. The summed E-state index contributed by atoms with van der Waals surface area (Å²) in [4.78, 5) is 15.3. The van der Waals surface area contributed by atoms with Gasteiger partial charge in [-0.05, 0) is 49.6 Å². The molecule has 0 unspecified atom stereocenters. The summed E-state index contributed by atoms with van der Waals surface area (Å²) < 4.78 is 21.0. The molecule has 3 aromatic rings. The monoisotopic (exact) mass is 488 g/mol. The number of nitrogens with one attached hydrogen (secondary N) is 1. The van der Waals surface area contributed by atoms with Gasteiger partial charge >= 0.3 is 5.97 Å². The molecule has 5 nitrogen and oxygen atoms in total. The Labute approximate surface area is 201 Å². The minimum Gasteiger partial charge on any atom is -0.478 e. The van der Waals surface area contributed by atoms with Crippen LogP contribution in [-0.4, -0.2) is 49.5 Å². The zero-order valence-corrected chi connectivity index (χ0v) is 19.9. The maximum Gasteiger partial charge on any atom is 0.337 e. The number of ether oxygens (including phenoxy) is 1. The van der Waals surface area contributed by atoms with E-state index in [1.807, 2.05) is 19.1 Å². The molecule has 33 heavy (non-hydrogen) atoms. The van der Waals surface area contributed by atoms with E-state index in [2.05, 4.69) is 10.2 Å². The fraction of sp³-hybridized carbons (Fsp3) is 0.400. The van der Waals surface area contributed by atoms with Crippen molar-refractivity contribution in [1.29, 1.82) is 0 Å². The predicted octanol–water partition coefficient (Wildman–Crippen LogP) is 5.71. The molecule has 1 aliphatic heterocycles. The highest BCUT2D eigenvalue weighted by Crippen LogP contribution is 2.41. The van der Waals surface area contributed by atoms with Crippen molar-refractivity contribution >= 4 is 44.7 Å². The summed E-state index contributed by atoms with van der Waals surface area (Å²) in [5.41, 5.74) is 2.55. The van der Waals surface area contributed by atoms with E-state index >= 15 is 0 Å². The molecule has 0 amide bonds. The normalized spacial score (nSPS) is 19.1. The number of fused-ring (bicyclic) bond motifs is 1. The topological polar surface area (TPSA) is 61.8 Å². The van der Waals surface area contributed by atoms with Crippen molar-refractivity contribution < 1.29 is 19.0 Å². The van der Waals surface area contributed by atoms with Crippen LogP contribution in [-0.2, 0) is 4.74 Å². The molecule has 5 rings (SSSR count). The Balaban J connectivity index is 1.45. The van der Waals surface area contributed by atoms with Crippen LogP contribution in [0.25, 0.3) is 21.2 Å². The second-order valence-electron chi connectivity index (χ2n) is 8.81. The van der Waals surface area contributed by atoms with E-state index in [9.17, 15) is 14.3 Å². The first kappa shape index (κ1) is 22.6. The SMILES string of the molecule is Cc1sc2cc(Cl)c(F)cc2c1-c1ccc(N2CCO[C@H](CNC3CCC3)C2)c(C(=O)O)c1. The van der Waals surface area contributed by atoms with Gasteiger partial charge in [-0.2, -0.15) is 0 Å². The van der Waals surface area contributed by atoms with Crippen LogP contribution in [0.2, 0.25) is 5.02 Å². The number of hydrogen-bond acceptors (Lipinski definition) is 5. The van der Waals surface area contributed by atoms with E-state index in [4.69, 9.17) is 16.3 Å². The number of anilines is 1. The molecule has 2 aliphatic rings. The summed E-state index contributed by atoms with van der Waals surface area (Å²) in [6, 6.07) is 9.16. The molecular weight excluding hydrogens is 463 g/mol. The van der Waals surface area contributed by atoms with Gasteiger partial charge in [0.25, 0.3) is 0 Å². The first-order chi connectivity index (χ1) is 15.9. The second kappa shape index (κ2) is 9.22. The number of nitrogens with zero attached hydrogens (tertiary/aromatic N) is 1. The van der Waals surface area contributed by atoms with Crippen LogP contribution in [0.3, 0.4) is 0 Å². The number of thiophene rings is 1. The van der Waals surface area contributed by atoms with Crippen molar-refractivity contribution in [2.45, 2.75) is 38.3 Å². The van der Waals surface area contributed by atoms with Crippen molar-refractivity contribution in [3.05, 3.63) is 51.6 Å². The molecule has 0 radical (unpaired) electrons. The Morgan fingerprint density at radius 2 is 2.15 bits per heavy atom. The lowest BCUT2D eigenvalue weighted by atomic mass is 9.93. The molecule has 8 heteroatoms. The third-order valence-corrected chi connectivity index (χ3v) is 8.00. The first-order valence-corrected chi connectivity index (χ1v) is 12.5. The van der Waals surface area contributed by atoms with Crippen LogP contribution < -0.4 is 10.2 Å². The highest BCUT2D eigenvalue weighted by molar-refractivity contribution is 7.19. The zero-order valence-electron chi connectivity index (χ0n) is 18.4. The maximum atomic E-state index is 14.2. The molecule has 2 heterocycles. The van der Waals surface area contributed by atoms with Crippen molar-refractivity contribution in [3.8, 4) is 11.1 Å². The lowest BCUT2D eigenvalue weighted by Crippen LogP contribution is -2.49. The van der Waals surface area contributed by atoms with Crippen molar-refractivity contribution in [1.82, 2.24) is 5.32 Å². The summed E-state index contributed by atoms with van der Waals surface area (Å²) in [7, 11) is 0. The number of carbonyl (C=O) groups is 1. The van der Waals surface area contributed by atoms with Crippen LogP contribution in [0.5, 0.6) is 0 Å². The molecule has 2 aromatic carbocycles. The Morgan fingerprint density at radius 1 is 1.33 bits per heavy atom. The molecule has 2 N–H and O–H groups in total. The molecule has 2 fully saturated rings. The molecule has 1 atom stereocenters. The number of halogens is 2. The first-order valence-electron chi connectivity index (χ1n) is 11.3. The van der Waals surface area contributed by atoms with Crippen molar-refractivity contribution in [3.63, 3.8) is 0 Å². The molecule has 0 bridgehead atoms. The van der Waals surface area contributed by atoms with Crippen molar-refractivity contribution in [2.75, 3.05) is 31.1 Å². The molecule has 0 spiro atoms. The summed E-state index contributed by atoms with van der Waals surface area (Å²) in [5.74, 6) is -1.46. The summed E-state index contributed by atoms with van der Waals surface area (Å²) in [5, 5.41) is 14.4. The van der Waals surface area contributed by atoms with Gasteiger partial charge in [0, 0.05) is 46.2 Å². The van der Waals surface area contributed by atoms with E-state index in [1.54, 1.807) is 12.1 Å². The largest absolute Gasteiger partial charge is 0.478 e. The molecule has 1 saturated carbocycles. The highest BCUT2D eigenvalue weighted by Gasteiger charge is 2.26. The standard InChI is InChI=1S/C25H26ClFN2O3S/c1-14-24(19-10-21(27)20(26)11-23(19)33-14)15-5-6-22(18(9-15)25(30)31)29-7-8-32-17(13-29)12-28-16-3-2-4-16/h5-6,9-11,16-17,28H,2-4,7-8,12-13H2,1H3,(H,30,31)/t17-/m1/s1. The fourth-order valence-corrected chi connectivity index (χ4v) is 6.02. The van der Waals surface area contributed by atoms with Gasteiger partial charge in [-0.3, -0.25) is 0 Å². The van der Waals surface area contributed by atoms with E-state index in [0.29, 0.717) is 31.4 Å². The lowest BCUT2D eigenvalue weighted by Gasteiger charge is -2.37. The van der Waals surface area contributed by atoms with Gasteiger partial charge in [0.15, 0.2) is 0 Å². The average Bonchev–Trinajstić information content (AvgIpc) is 3.07. The summed E-state index contributed by atoms with van der Waals surface area (Å²) >= 11 is 7.49. The van der Waals surface area contributed by atoms with Gasteiger partial charge < -0.3 is 20.1 Å². The Morgan fingerprint density at radius 3 is 2.88 bits per heavy atom. The third kappa shape index (κ3) is 4.47. The second-order valence-corrected chi connectivity index (χ2v) is 10.5. The Kier molecular flexibility index (Phi) is 6.31. The Bertz CT molecular complexity index is 1210. The number of aromatic carboxylic acids is 1. The number of carboxylic acid groups (broad SMARTS) is 1. The van der Waals surface area contributed by atoms with Gasteiger partial charge in [0.2, 0.25) is 0 Å². The van der Waals surface area contributed by atoms with E-state index in [1.165, 1.54) is 36.7 Å². The number of carboxylic acids is 1. The average molecular weight is 489 g/mol. The summed E-state index contributed by atoms with van der Waals surface area (Å²) in [6.07, 6.45) is 3.74. The molecule has 1 aromatic heterocycles. The van der Waals surface area contributed by atoms with Gasteiger partial charge in [-0.1, -0.05) is 24.1 Å². The predicted molar refractivity (Wildman–Crippen MR) is 132 cm³/mol. The molecule has 1 aliphatic carbocycles.